The van der Waals surface area contributed by atoms with E-state index in [0.29, 0.717) is 33.5 Å². The molecule has 8 heteroatoms. The first-order valence-corrected chi connectivity index (χ1v) is 10.8. The Morgan fingerprint density at radius 3 is 2.47 bits per heavy atom. The summed E-state index contributed by atoms with van der Waals surface area (Å²) >= 11 is 5.92. The van der Waals surface area contributed by atoms with Crippen molar-refractivity contribution in [2.45, 2.75) is 19.4 Å². The number of anilines is 2. The fourth-order valence-corrected chi connectivity index (χ4v) is 3.93. The summed E-state index contributed by atoms with van der Waals surface area (Å²) < 4.78 is 13.5. The molecule has 0 spiro atoms. The SMILES string of the molecule is CN1CCN(C(C)(C)C#Cc2cc3nc(-c4ccc(F)c(Cl)c4)nc(N)c3cc2N)CC1. The average Bonchev–Trinajstić information content (AvgIpc) is 2.75. The van der Waals surface area contributed by atoms with Crippen LogP contribution in [0.2, 0.25) is 5.02 Å². The van der Waals surface area contributed by atoms with Crippen LogP contribution in [0.1, 0.15) is 19.4 Å². The molecule has 3 aromatic rings. The number of rotatable bonds is 2. The number of nitrogens with two attached hydrogens (primary N) is 2. The van der Waals surface area contributed by atoms with E-state index in [2.05, 4.69) is 52.5 Å². The molecular weight excluding hydrogens is 427 g/mol. The summed E-state index contributed by atoms with van der Waals surface area (Å²) in [5.41, 5.74) is 14.5. The van der Waals surface area contributed by atoms with Crippen molar-refractivity contribution in [3.8, 4) is 23.2 Å². The van der Waals surface area contributed by atoms with Gasteiger partial charge in [-0.3, -0.25) is 4.90 Å². The van der Waals surface area contributed by atoms with E-state index in [0.717, 1.165) is 26.2 Å². The smallest absolute Gasteiger partial charge is 0.162 e. The number of halogens is 2. The number of hydrogen-bond donors (Lipinski definition) is 2. The van der Waals surface area contributed by atoms with Gasteiger partial charge in [-0.15, -0.1) is 0 Å². The van der Waals surface area contributed by atoms with Crippen molar-refractivity contribution < 1.29 is 4.39 Å². The molecule has 2 heterocycles. The van der Waals surface area contributed by atoms with Crippen LogP contribution in [0.25, 0.3) is 22.3 Å². The van der Waals surface area contributed by atoms with E-state index in [1.165, 1.54) is 12.1 Å². The second-order valence-corrected chi connectivity index (χ2v) is 9.02. The van der Waals surface area contributed by atoms with Gasteiger partial charge in [0, 0.05) is 48.4 Å². The third-order valence-electron chi connectivity index (χ3n) is 5.87. The normalized spacial score (nSPS) is 15.5. The van der Waals surface area contributed by atoms with Crippen molar-refractivity contribution in [2.24, 2.45) is 0 Å². The standard InChI is InChI=1S/C24H26ClFN6/c1-24(2,32-10-8-31(3)9-11-32)7-6-15-13-21-17(14-20(15)27)22(28)30-23(29-21)16-4-5-19(26)18(25)12-16/h4-5,12-14H,8-11,27H2,1-3H3,(H2,28,29,30). The minimum Gasteiger partial charge on any atom is -0.398 e. The van der Waals surface area contributed by atoms with Crippen LogP contribution in [-0.4, -0.2) is 58.5 Å². The molecule has 1 saturated heterocycles. The highest BCUT2D eigenvalue weighted by Gasteiger charge is 2.27. The molecule has 2 aromatic carbocycles. The second kappa shape index (κ2) is 8.55. The van der Waals surface area contributed by atoms with Crippen molar-refractivity contribution >= 4 is 34.0 Å². The maximum Gasteiger partial charge on any atom is 0.162 e. The van der Waals surface area contributed by atoms with Gasteiger partial charge in [0.25, 0.3) is 0 Å². The lowest BCUT2D eigenvalue weighted by Crippen LogP contribution is -2.53. The Labute approximate surface area is 192 Å². The Balaban J connectivity index is 1.71. The first kappa shape index (κ1) is 22.3. The van der Waals surface area contributed by atoms with Crippen LogP contribution in [0.4, 0.5) is 15.9 Å². The third-order valence-corrected chi connectivity index (χ3v) is 6.16. The molecule has 1 aliphatic heterocycles. The van der Waals surface area contributed by atoms with Crippen LogP contribution in [0, 0.1) is 17.7 Å². The van der Waals surface area contributed by atoms with Gasteiger partial charge in [-0.2, -0.15) is 0 Å². The number of fused-ring (bicyclic) bond motifs is 1. The van der Waals surface area contributed by atoms with Gasteiger partial charge in [0.15, 0.2) is 5.82 Å². The van der Waals surface area contributed by atoms with Crippen LogP contribution < -0.4 is 11.5 Å². The van der Waals surface area contributed by atoms with Gasteiger partial charge in [-0.25, -0.2) is 14.4 Å². The van der Waals surface area contributed by atoms with Gasteiger partial charge in [-0.1, -0.05) is 23.4 Å². The molecule has 0 aliphatic carbocycles. The van der Waals surface area contributed by atoms with Crippen molar-refractivity contribution in [2.75, 3.05) is 44.7 Å². The summed E-state index contributed by atoms with van der Waals surface area (Å²) in [7, 11) is 2.13. The molecule has 0 amide bonds. The number of piperazine rings is 1. The lowest BCUT2D eigenvalue weighted by Gasteiger charge is -2.40. The Kier molecular flexibility index (Phi) is 5.95. The van der Waals surface area contributed by atoms with E-state index in [1.807, 2.05) is 6.07 Å². The molecule has 166 valence electrons. The molecule has 6 nitrogen and oxygen atoms in total. The zero-order valence-corrected chi connectivity index (χ0v) is 19.2. The van der Waals surface area contributed by atoms with E-state index in [4.69, 9.17) is 23.1 Å². The summed E-state index contributed by atoms with van der Waals surface area (Å²) in [5.74, 6) is 6.77. The van der Waals surface area contributed by atoms with Crippen LogP contribution in [0.15, 0.2) is 30.3 Å². The van der Waals surface area contributed by atoms with Crippen molar-refractivity contribution in [3.63, 3.8) is 0 Å². The zero-order chi connectivity index (χ0) is 23.0. The Hall–Kier alpha value is -2.92. The molecule has 1 fully saturated rings. The van der Waals surface area contributed by atoms with E-state index in [-0.39, 0.29) is 16.4 Å². The molecule has 0 atom stereocenters. The fourth-order valence-electron chi connectivity index (χ4n) is 3.75. The summed E-state index contributed by atoms with van der Waals surface area (Å²) in [5, 5.41) is 0.642. The van der Waals surface area contributed by atoms with Gasteiger partial charge in [0.05, 0.1) is 16.1 Å². The van der Waals surface area contributed by atoms with Crippen LogP contribution >= 0.6 is 11.6 Å². The first-order valence-electron chi connectivity index (χ1n) is 10.4. The van der Waals surface area contributed by atoms with Crippen molar-refractivity contribution in [3.05, 3.63) is 46.7 Å². The van der Waals surface area contributed by atoms with E-state index >= 15 is 0 Å². The maximum atomic E-state index is 13.5. The summed E-state index contributed by atoms with van der Waals surface area (Å²) in [4.78, 5) is 13.7. The minimum absolute atomic E-state index is 0.000215. The predicted molar refractivity (Wildman–Crippen MR) is 129 cm³/mol. The lowest BCUT2D eigenvalue weighted by molar-refractivity contribution is 0.0946. The number of aromatic nitrogens is 2. The predicted octanol–water partition coefficient (Wildman–Crippen LogP) is 3.63. The molecule has 0 radical (unpaired) electrons. The van der Waals surface area contributed by atoms with Crippen molar-refractivity contribution in [1.82, 2.24) is 19.8 Å². The summed E-state index contributed by atoms with van der Waals surface area (Å²) in [6.07, 6.45) is 0. The molecule has 4 rings (SSSR count). The summed E-state index contributed by atoms with van der Waals surface area (Å²) in [6, 6.07) is 7.90. The highest BCUT2D eigenvalue weighted by atomic mass is 35.5. The Bertz CT molecular complexity index is 1240. The molecule has 1 aromatic heterocycles. The molecular formula is C24H26ClFN6. The topological polar surface area (TPSA) is 84.3 Å². The number of likely N-dealkylation sites (N-methyl/N-ethyl adjacent to an activating group) is 1. The summed E-state index contributed by atoms with van der Waals surface area (Å²) in [6.45, 7) is 8.24. The molecule has 4 N–H and O–H groups in total. The zero-order valence-electron chi connectivity index (χ0n) is 18.4. The number of hydrogen-bond acceptors (Lipinski definition) is 6. The molecule has 0 saturated carbocycles. The van der Waals surface area contributed by atoms with E-state index in [1.54, 1.807) is 12.1 Å². The number of nitrogens with zero attached hydrogens (tertiary/aromatic N) is 4. The van der Waals surface area contributed by atoms with Crippen LogP contribution in [0.5, 0.6) is 0 Å². The number of nitrogen functional groups attached to an aromatic ring is 2. The molecule has 0 unspecified atom stereocenters. The van der Waals surface area contributed by atoms with E-state index in [9.17, 15) is 4.39 Å². The highest BCUT2D eigenvalue weighted by molar-refractivity contribution is 6.31. The first-order chi connectivity index (χ1) is 15.1. The van der Waals surface area contributed by atoms with Crippen LogP contribution in [0.3, 0.4) is 0 Å². The lowest BCUT2D eigenvalue weighted by atomic mass is 10.0. The fraction of sp³-hybridized carbons (Fsp3) is 0.333. The largest absolute Gasteiger partial charge is 0.398 e. The monoisotopic (exact) mass is 452 g/mol. The van der Waals surface area contributed by atoms with Gasteiger partial charge in [-0.05, 0) is 51.2 Å². The molecule has 0 bridgehead atoms. The van der Waals surface area contributed by atoms with E-state index < -0.39 is 5.82 Å². The van der Waals surface area contributed by atoms with Gasteiger partial charge in [0.2, 0.25) is 0 Å². The molecule has 32 heavy (non-hydrogen) atoms. The Morgan fingerprint density at radius 2 is 1.78 bits per heavy atom. The van der Waals surface area contributed by atoms with Crippen molar-refractivity contribution in [1.29, 1.82) is 0 Å². The minimum atomic E-state index is -0.502. The quantitative estimate of drug-likeness (QED) is 0.456. The number of benzene rings is 2. The van der Waals surface area contributed by atoms with Gasteiger partial charge >= 0.3 is 0 Å². The second-order valence-electron chi connectivity index (χ2n) is 8.62. The third kappa shape index (κ3) is 4.49. The molecule has 1 aliphatic rings. The maximum absolute atomic E-state index is 13.5. The average molecular weight is 453 g/mol. The highest BCUT2D eigenvalue weighted by Crippen LogP contribution is 2.29. The van der Waals surface area contributed by atoms with Gasteiger partial charge in [0.1, 0.15) is 11.6 Å². The van der Waals surface area contributed by atoms with Gasteiger partial charge < -0.3 is 16.4 Å². The van der Waals surface area contributed by atoms with Crippen LogP contribution in [-0.2, 0) is 0 Å². The Morgan fingerprint density at radius 1 is 1.06 bits per heavy atom.